The van der Waals surface area contributed by atoms with E-state index in [0.29, 0.717) is 0 Å². The van der Waals surface area contributed by atoms with Crippen molar-refractivity contribution in [3.63, 3.8) is 0 Å². The minimum Gasteiger partial charge on any atom is -0.157 e. The Kier molecular flexibility index (Phi) is 5.38. The lowest BCUT2D eigenvalue weighted by molar-refractivity contribution is -0.762. The Morgan fingerprint density at radius 2 is 1.10 bits per heavy atom. The van der Waals surface area contributed by atoms with Gasteiger partial charge in [0.05, 0.1) is 24.5 Å². The standard InChI is InChI=1S/C15H24I2N4/c1-10-14(16)12(3)20(18(10)5)8-7-9-21-13(4)15(17)11(2)19(21)6/h7-9H2,1-6H3/q+2. The largest absolute Gasteiger partial charge is 0.218 e. The summed E-state index contributed by atoms with van der Waals surface area (Å²) >= 11 is 4.89. The molecule has 21 heavy (non-hydrogen) atoms. The molecule has 4 nitrogen and oxygen atoms in total. The average molecular weight is 514 g/mol. The van der Waals surface area contributed by atoms with Crippen molar-refractivity contribution >= 4 is 45.2 Å². The van der Waals surface area contributed by atoms with E-state index < -0.39 is 0 Å². The van der Waals surface area contributed by atoms with E-state index in [-0.39, 0.29) is 0 Å². The van der Waals surface area contributed by atoms with Crippen molar-refractivity contribution in [1.29, 1.82) is 0 Å². The molecule has 0 unspecified atom stereocenters. The summed E-state index contributed by atoms with van der Waals surface area (Å²) < 4.78 is 12.1. The van der Waals surface area contributed by atoms with E-state index in [0.717, 1.165) is 19.5 Å². The third-order valence-electron chi connectivity index (χ3n) is 4.48. The summed E-state index contributed by atoms with van der Waals surface area (Å²) in [5.41, 5.74) is 5.44. The van der Waals surface area contributed by atoms with Crippen LogP contribution < -0.4 is 9.36 Å². The maximum atomic E-state index is 2.44. The van der Waals surface area contributed by atoms with E-state index in [2.05, 4.69) is 106 Å². The first kappa shape index (κ1) is 17.2. The molecule has 0 bridgehead atoms. The van der Waals surface area contributed by atoms with Crippen LogP contribution in [0.15, 0.2) is 0 Å². The van der Waals surface area contributed by atoms with Crippen LogP contribution in [-0.4, -0.2) is 9.36 Å². The van der Waals surface area contributed by atoms with E-state index in [1.807, 2.05) is 0 Å². The number of halogens is 2. The zero-order chi connectivity index (χ0) is 15.9. The van der Waals surface area contributed by atoms with E-state index in [1.54, 1.807) is 0 Å². The smallest absolute Gasteiger partial charge is 0.157 e. The van der Waals surface area contributed by atoms with Gasteiger partial charge in [-0.1, -0.05) is 0 Å². The van der Waals surface area contributed by atoms with Gasteiger partial charge in [-0.05, 0) is 65.5 Å². The molecule has 0 aliphatic rings. The summed E-state index contributed by atoms with van der Waals surface area (Å²) in [7, 11) is 4.30. The molecule has 0 fully saturated rings. The van der Waals surface area contributed by atoms with Gasteiger partial charge in [-0.3, -0.25) is 0 Å². The molecule has 0 aliphatic heterocycles. The molecule has 6 heteroatoms. The molecule has 0 radical (unpaired) electrons. The maximum Gasteiger partial charge on any atom is 0.218 e. The summed E-state index contributed by atoms with van der Waals surface area (Å²) in [5.74, 6) is 0. The quantitative estimate of drug-likeness (QED) is 0.441. The molecule has 0 spiro atoms. The first-order valence-corrected chi connectivity index (χ1v) is 9.36. The van der Waals surface area contributed by atoms with Crippen molar-refractivity contribution in [2.75, 3.05) is 0 Å². The van der Waals surface area contributed by atoms with Crippen LogP contribution in [0.2, 0.25) is 0 Å². The van der Waals surface area contributed by atoms with Crippen LogP contribution in [0.5, 0.6) is 0 Å². The number of nitrogens with zero attached hydrogens (tertiary/aromatic N) is 4. The molecule has 2 aromatic rings. The molecule has 2 rings (SSSR count). The van der Waals surface area contributed by atoms with E-state index in [4.69, 9.17) is 0 Å². The monoisotopic (exact) mass is 514 g/mol. The van der Waals surface area contributed by atoms with Gasteiger partial charge in [0.2, 0.25) is 11.4 Å². The minimum absolute atomic E-state index is 1.05. The average Bonchev–Trinajstić information content (AvgIpc) is 2.76. The summed E-state index contributed by atoms with van der Waals surface area (Å²) in [5, 5.41) is 0. The molecule has 0 amide bonds. The molecule has 116 valence electrons. The van der Waals surface area contributed by atoms with Crippen LogP contribution in [0.4, 0.5) is 0 Å². The SMILES string of the molecule is Cc1c(I)c(C)[n+](C)n1CCCn1c(C)c(I)c(C)[n+]1C. The highest BCUT2D eigenvalue weighted by Crippen LogP contribution is 2.16. The van der Waals surface area contributed by atoms with Crippen molar-refractivity contribution in [3.05, 3.63) is 29.9 Å². The number of hydrogen-bond acceptors (Lipinski definition) is 0. The Bertz CT molecular complexity index is 574. The van der Waals surface area contributed by atoms with Crippen molar-refractivity contribution in [3.8, 4) is 0 Å². The van der Waals surface area contributed by atoms with Gasteiger partial charge in [-0.25, -0.2) is 0 Å². The van der Waals surface area contributed by atoms with Crippen molar-refractivity contribution in [2.45, 2.75) is 47.2 Å². The first-order valence-electron chi connectivity index (χ1n) is 7.20. The number of aromatic nitrogens is 4. The normalized spacial score (nSPS) is 11.4. The second-order valence-electron chi connectivity index (χ2n) is 5.62. The molecule has 0 N–H and O–H groups in total. The second kappa shape index (κ2) is 6.55. The van der Waals surface area contributed by atoms with Crippen LogP contribution in [0.1, 0.15) is 29.2 Å². The summed E-state index contributed by atoms with van der Waals surface area (Å²) in [6.07, 6.45) is 1.14. The Morgan fingerprint density at radius 3 is 1.33 bits per heavy atom. The molecule has 2 heterocycles. The van der Waals surface area contributed by atoms with Gasteiger partial charge in [0.15, 0.2) is 14.1 Å². The van der Waals surface area contributed by atoms with Gasteiger partial charge in [0.1, 0.15) is 7.14 Å². The number of rotatable bonds is 4. The first-order chi connectivity index (χ1) is 9.77. The predicted octanol–water partition coefficient (Wildman–Crippen LogP) is 2.47. The maximum absolute atomic E-state index is 2.44. The molecule has 0 saturated heterocycles. The lowest BCUT2D eigenvalue weighted by Crippen LogP contribution is -2.43. The van der Waals surface area contributed by atoms with Gasteiger partial charge in [-0.15, -0.1) is 9.36 Å². The van der Waals surface area contributed by atoms with Crippen molar-refractivity contribution in [1.82, 2.24) is 9.36 Å². The minimum atomic E-state index is 1.05. The molecule has 0 aromatic carbocycles. The van der Waals surface area contributed by atoms with Crippen LogP contribution >= 0.6 is 45.2 Å². The zero-order valence-corrected chi connectivity index (χ0v) is 18.0. The number of hydrogen-bond donors (Lipinski definition) is 0. The van der Waals surface area contributed by atoms with Crippen molar-refractivity contribution < 1.29 is 9.36 Å². The van der Waals surface area contributed by atoms with Gasteiger partial charge < -0.3 is 0 Å². The Hall–Kier alpha value is -0.120. The Balaban J connectivity index is 2.13. The Morgan fingerprint density at radius 1 is 0.762 bits per heavy atom. The highest BCUT2D eigenvalue weighted by molar-refractivity contribution is 14.1. The topological polar surface area (TPSA) is 17.6 Å². The Labute approximate surface area is 154 Å². The zero-order valence-electron chi connectivity index (χ0n) is 13.7. The predicted molar refractivity (Wildman–Crippen MR) is 100 cm³/mol. The summed E-state index contributed by atoms with van der Waals surface area (Å²) in [6, 6.07) is 0. The van der Waals surface area contributed by atoms with Gasteiger partial charge in [-0.2, -0.15) is 9.36 Å². The van der Waals surface area contributed by atoms with Crippen LogP contribution in [0.3, 0.4) is 0 Å². The van der Waals surface area contributed by atoms with E-state index in [9.17, 15) is 0 Å². The molecule has 0 aliphatic carbocycles. The fraction of sp³-hybridized carbons (Fsp3) is 0.600. The van der Waals surface area contributed by atoms with Crippen LogP contribution in [0.25, 0.3) is 0 Å². The molecular weight excluding hydrogens is 490 g/mol. The lowest BCUT2D eigenvalue weighted by atomic mass is 10.3. The van der Waals surface area contributed by atoms with Crippen LogP contribution in [-0.2, 0) is 27.2 Å². The fourth-order valence-corrected chi connectivity index (χ4v) is 4.11. The van der Waals surface area contributed by atoms with E-state index in [1.165, 1.54) is 29.9 Å². The second-order valence-corrected chi connectivity index (χ2v) is 7.77. The summed E-state index contributed by atoms with van der Waals surface area (Å²) in [4.78, 5) is 0. The summed E-state index contributed by atoms with van der Waals surface area (Å²) in [6.45, 7) is 10.9. The lowest BCUT2D eigenvalue weighted by Gasteiger charge is -2.05. The highest BCUT2D eigenvalue weighted by Gasteiger charge is 2.22. The van der Waals surface area contributed by atoms with E-state index >= 15 is 0 Å². The van der Waals surface area contributed by atoms with Crippen LogP contribution in [0, 0.1) is 34.8 Å². The van der Waals surface area contributed by atoms with Crippen molar-refractivity contribution in [2.24, 2.45) is 14.1 Å². The molecular formula is C15H24I2N4+2. The highest BCUT2D eigenvalue weighted by atomic mass is 127. The third kappa shape index (κ3) is 3.02. The van der Waals surface area contributed by atoms with Gasteiger partial charge >= 0.3 is 0 Å². The fourth-order valence-electron chi connectivity index (χ4n) is 2.85. The molecule has 2 aromatic heterocycles. The molecule has 0 saturated carbocycles. The third-order valence-corrected chi connectivity index (χ3v) is 7.60. The van der Waals surface area contributed by atoms with Gasteiger partial charge in [0.25, 0.3) is 0 Å². The molecule has 0 atom stereocenters. The van der Waals surface area contributed by atoms with Gasteiger partial charge in [0, 0.05) is 13.8 Å².